The van der Waals surface area contributed by atoms with Gasteiger partial charge in [0.2, 0.25) is 0 Å². The van der Waals surface area contributed by atoms with Crippen molar-refractivity contribution in [2.75, 3.05) is 0 Å². The van der Waals surface area contributed by atoms with Gasteiger partial charge in [-0.25, -0.2) is 4.98 Å². The smallest absolute Gasteiger partial charge is 0.296 e. The van der Waals surface area contributed by atoms with Gasteiger partial charge in [0.15, 0.2) is 5.03 Å². The minimum Gasteiger partial charge on any atom is -0.296 e. The zero-order chi connectivity index (χ0) is 21.8. The molecule has 0 amide bonds. The first-order chi connectivity index (χ1) is 14.8. The molecule has 2 aromatic carbocycles. The van der Waals surface area contributed by atoms with Crippen LogP contribution in [0.3, 0.4) is 0 Å². The number of pyridine rings is 2. The van der Waals surface area contributed by atoms with Crippen LogP contribution in [-0.4, -0.2) is 22.9 Å². The van der Waals surface area contributed by atoms with Gasteiger partial charge in [0.05, 0.1) is 5.52 Å². The molecule has 5 nitrogen and oxygen atoms in total. The molecule has 32 heavy (non-hydrogen) atoms. The summed E-state index contributed by atoms with van der Waals surface area (Å²) in [5.74, 6) is 0. The summed E-state index contributed by atoms with van der Waals surface area (Å²) in [4.78, 5) is 8.40. The molecule has 2 aromatic heterocycles. The molecule has 2 heterocycles. The van der Waals surface area contributed by atoms with Gasteiger partial charge in [-0.05, 0) is 40.4 Å². The van der Waals surface area contributed by atoms with Crippen molar-refractivity contribution in [2.24, 2.45) is 0 Å². The van der Waals surface area contributed by atoms with Crippen LogP contribution in [0.2, 0.25) is 0 Å². The molecular weight excluding hydrogens is 601 g/mol. The van der Waals surface area contributed by atoms with Gasteiger partial charge in [0.1, 0.15) is 0 Å². The molecule has 0 aliphatic heterocycles. The molecule has 1 radical (unpaired) electrons. The van der Waals surface area contributed by atoms with Crippen LogP contribution in [0.1, 0.15) is 36.1 Å². The van der Waals surface area contributed by atoms with E-state index in [0.29, 0.717) is 0 Å². The van der Waals surface area contributed by atoms with Crippen LogP contribution in [0.5, 0.6) is 0 Å². The van der Waals surface area contributed by atoms with E-state index in [-0.39, 0.29) is 30.5 Å². The van der Waals surface area contributed by atoms with E-state index in [9.17, 15) is 8.42 Å². The van der Waals surface area contributed by atoms with E-state index < -0.39 is 10.1 Å². The second kappa shape index (κ2) is 8.01. The molecular formula is C25H19IrN2O3S-. The predicted octanol–water partition coefficient (Wildman–Crippen LogP) is 5.15. The van der Waals surface area contributed by atoms with Crippen molar-refractivity contribution >= 4 is 33.2 Å². The fourth-order valence-electron chi connectivity index (χ4n) is 4.45. The Morgan fingerprint density at radius 2 is 1.81 bits per heavy atom. The van der Waals surface area contributed by atoms with Gasteiger partial charge in [-0.2, -0.15) is 8.42 Å². The van der Waals surface area contributed by atoms with Crippen molar-refractivity contribution in [3.05, 3.63) is 89.1 Å². The van der Waals surface area contributed by atoms with Crippen LogP contribution in [0, 0.1) is 6.07 Å². The summed E-state index contributed by atoms with van der Waals surface area (Å²) in [6.45, 7) is 4.59. The average Bonchev–Trinajstić information content (AvgIpc) is 3.28. The summed E-state index contributed by atoms with van der Waals surface area (Å²) in [6, 6.07) is 20.3. The first-order valence-electron chi connectivity index (χ1n) is 9.84. The number of benzene rings is 2. The van der Waals surface area contributed by atoms with Crippen LogP contribution >= 0.6 is 0 Å². The van der Waals surface area contributed by atoms with E-state index in [0.717, 1.165) is 11.2 Å². The third kappa shape index (κ3) is 3.51. The maximum absolute atomic E-state index is 10.3. The second-order valence-corrected chi connectivity index (χ2v) is 9.42. The molecule has 0 saturated carbocycles. The van der Waals surface area contributed by atoms with Crippen molar-refractivity contribution in [1.82, 2.24) is 9.97 Å². The Balaban J connectivity index is 0.000000191. The predicted molar refractivity (Wildman–Crippen MR) is 121 cm³/mol. The third-order valence-electron chi connectivity index (χ3n) is 5.81. The fourth-order valence-corrected chi connectivity index (χ4v) is 4.90. The maximum atomic E-state index is 10.3. The topological polar surface area (TPSA) is 80.2 Å². The van der Waals surface area contributed by atoms with Crippen LogP contribution in [0.15, 0.2) is 65.8 Å². The molecule has 163 valence electrons. The van der Waals surface area contributed by atoms with Gasteiger partial charge in [-0.1, -0.05) is 49.8 Å². The van der Waals surface area contributed by atoms with Crippen LogP contribution < -0.4 is 0 Å². The Labute approximate surface area is 200 Å². The Bertz CT molecular complexity index is 1480. The molecule has 0 unspecified atom stereocenters. The molecule has 0 atom stereocenters. The molecule has 2 aliphatic rings. The van der Waals surface area contributed by atoms with Crippen molar-refractivity contribution in [3.8, 4) is 11.3 Å². The van der Waals surface area contributed by atoms with Crippen molar-refractivity contribution in [1.29, 1.82) is 0 Å². The largest absolute Gasteiger partial charge is 0.312 e. The van der Waals surface area contributed by atoms with E-state index in [1.165, 1.54) is 51.5 Å². The number of hydrogen-bond acceptors (Lipinski definition) is 4. The Morgan fingerprint density at radius 1 is 1.00 bits per heavy atom. The third-order valence-corrected chi connectivity index (χ3v) is 6.58. The van der Waals surface area contributed by atoms with Crippen LogP contribution in [0.25, 0.3) is 34.3 Å². The molecule has 1 N–H and O–H groups in total. The monoisotopic (exact) mass is 620 g/mol. The standard InChI is InChI=1S/C20H14N.C5H5NO3S.Ir/c1-20(2)15-8-4-3-7-13(15)19-18(20)14-11-10-12-6-5-9-16(21-19)17(12)14;7-10(8,9)5-3-1-2-4-6-5;/h3-6,8-11H,1-2H3;1-4H,(H,7,8,9);/q-1;;. The summed E-state index contributed by atoms with van der Waals surface area (Å²) in [6.07, 6.45) is 5.76. The second-order valence-electron chi connectivity index (χ2n) is 8.05. The zero-order valence-corrected chi connectivity index (χ0v) is 20.5. The first-order valence-corrected chi connectivity index (χ1v) is 11.3. The van der Waals surface area contributed by atoms with Crippen LogP contribution in [0.4, 0.5) is 0 Å². The van der Waals surface area contributed by atoms with E-state index in [1.807, 2.05) is 6.07 Å². The number of rotatable bonds is 1. The quantitative estimate of drug-likeness (QED) is 0.208. The zero-order valence-electron chi connectivity index (χ0n) is 17.3. The summed E-state index contributed by atoms with van der Waals surface area (Å²) < 4.78 is 29.1. The molecule has 0 saturated heterocycles. The molecule has 0 spiro atoms. The Morgan fingerprint density at radius 3 is 2.50 bits per heavy atom. The van der Waals surface area contributed by atoms with Gasteiger partial charge < -0.3 is 0 Å². The maximum Gasteiger partial charge on any atom is 0.312 e. The molecule has 4 aromatic rings. The van der Waals surface area contributed by atoms with Crippen molar-refractivity contribution in [3.63, 3.8) is 0 Å². The molecule has 0 fully saturated rings. The summed E-state index contributed by atoms with van der Waals surface area (Å²) in [7, 11) is -4.11. The summed E-state index contributed by atoms with van der Waals surface area (Å²) in [5, 5.41) is 0.979. The molecule has 2 aliphatic carbocycles. The van der Waals surface area contributed by atoms with Crippen LogP contribution in [-0.2, 0) is 35.6 Å². The number of hydrogen-bond donors (Lipinski definition) is 1. The van der Waals surface area contributed by atoms with E-state index in [1.54, 1.807) is 6.07 Å². The van der Waals surface area contributed by atoms with Gasteiger partial charge in [0, 0.05) is 31.7 Å². The van der Waals surface area contributed by atoms with Crippen molar-refractivity contribution < 1.29 is 33.1 Å². The number of aromatic nitrogens is 2. The normalized spacial score (nSPS) is 14.2. The SMILES string of the molecule is CC1(C)c2ccc[c-]c2-c2nc3cccc4c3c(c21)C=C4.O=S(=O)(O)c1ccccn1.[Ir]. The first kappa shape index (κ1) is 22.5. The molecule has 0 bridgehead atoms. The number of nitrogens with zero attached hydrogens (tertiary/aromatic N) is 2. The van der Waals surface area contributed by atoms with Gasteiger partial charge in [-0.3, -0.25) is 9.54 Å². The van der Waals surface area contributed by atoms with Gasteiger partial charge in [-0.15, -0.1) is 35.4 Å². The van der Waals surface area contributed by atoms with E-state index >= 15 is 0 Å². The average molecular weight is 620 g/mol. The minimum absolute atomic E-state index is 0. The van der Waals surface area contributed by atoms with E-state index in [2.05, 4.69) is 67.4 Å². The Kier molecular flexibility index (Phi) is 5.63. The molecule has 7 heteroatoms. The summed E-state index contributed by atoms with van der Waals surface area (Å²) >= 11 is 0. The Hall–Kier alpha value is -2.70. The minimum atomic E-state index is -4.11. The van der Waals surface area contributed by atoms with E-state index in [4.69, 9.17) is 9.54 Å². The van der Waals surface area contributed by atoms with Gasteiger partial charge >= 0.3 is 10.1 Å². The number of fused-ring (bicyclic) bond motifs is 4. The molecule has 6 rings (SSSR count). The fraction of sp³-hybridized carbons (Fsp3) is 0.120. The van der Waals surface area contributed by atoms with Gasteiger partial charge in [0.25, 0.3) is 0 Å². The summed E-state index contributed by atoms with van der Waals surface area (Å²) in [5.41, 5.74) is 8.68. The van der Waals surface area contributed by atoms with Crippen molar-refractivity contribution in [2.45, 2.75) is 24.3 Å².